The van der Waals surface area contributed by atoms with E-state index in [1.807, 2.05) is 0 Å². The smallest absolute Gasteiger partial charge is 0.314 e. The zero-order valence-electron chi connectivity index (χ0n) is 12.8. The van der Waals surface area contributed by atoms with Crippen molar-refractivity contribution in [2.45, 2.75) is 19.8 Å². The molecule has 1 aromatic rings. The Bertz CT molecular complexity index is 603. The molecule has 0 aliphatic carbocycles. The average Bonchev–Trinajstić information content (AvgIpc) is 2.55. The molecule has 1 fully saturated rings. The molecule has 1 aliphatic heterocycles. The Hall–Kier alpha value is -1.60. The highest BCUT2D eigenvalue weighted by atomic mass is 32.2. The predicted octanol–water partition coefficient (Wildman–Crippen LogP) is 1.66. The van der Waals surface area contributed by atoms with Gasteiger partial charge in [0.25, 0.3) is 0 Å². The molecule has 0 unspecified atom stereocenters. The first-order chi connectivity index (χ1) is 10.5. The Morgan fingerprint density at radius 3 is 2.23 bits per heavy atom. The Labute approximate surface area is 131 Å². The molecule has 1 saturated heterocycles. The molecule has 0 saturated carbocycles. The Morgan fingerprint density at radius 1 is 1.18 bits per heavy atom. The Balaban J connectivity index is 1.89. The number of sulfonamides is 1. The molecule has 1 heterocycles. The zero-order valence-corrected chi connectivity index (χ0v) is 13.6. The van der Waals surface area contributed by atoms with Crippen LogP contribution in [0.2, 0.25) is 0 Å². The van der Waals surface area contributed by atoms with Crippen LogP contribution in [-0.2, 0) is 14.8 Å². The van der Waals surface area contributed by atoms with E-state index in [0.29, 0.717) is 37.4 Å². The summed E-state index contributed by atoms with van der Waals surface area (Å²) in [4.78, 5) is 12.1. The van der Waals surface area contributed by atoms with E-state index in [1.165, 1.54) is 4.31 Å². The molecule has 0 spiro atoms. The molecule has 0 N–H and O–H groups in total. The summed E-state index contributed by atoms with van der Waals surface area (Å²) in [7, 11) is -1.60. The van der Waals surface area contributed by atoms with Crippen LogP contribution in [0.25, 0.3) is 0 Å². The van der Waals surface area contributed by atoms with Gasteiger partial charge in [-0.15, -0.1) is 0 Å². The Morgan fingerprint density at radius 2 is 1.73 bits per heavy atom. The van der Waals surface area contributed by atoms with Crippen LogP contribution in [-0.4, -0.2) is 44.6 Å². The van der Waals surface area contributed by atoms with E-state index in [1.54, 1.807) is 38.3 Å². The number of ether oxygens (including phenoxy) is 2. The molecular formula is C15H21NO5S. The van der Waals surface area contributed by atoms with E-state index < -0.39 is 10.0 Å². The van der Waals surface area contributed by atoms with Gasteiger partial charge in [-0.05, 0) is 44.0 Å². The number of hydrogen-bond donors (Lipinski definition) is 0. The fraction of sp³-hybridized carbons (Fsp3) is 0.533. The van der Waals surface area contributed by atoms with Gasteiger partial charge in [0, 0.05) is 13.1 Å². The van der Waals surface area contributed by atoms with Gasteiger partial charge in [0.15, 0.2) is 0 Å². The summed E-state index contributed by atoms with van der Waals surface area (Å²) in [6.45, 7) is 2.37. The number of piperidine rings is 1. The second kappa shape index (κ2) is 7.11. The maximum Gasteiger partial charge on any atom is 0.314 e. The van der Waals surface area contributed by atoms with Crippen molar-refractivity contribution in [1.82, 2.24) is 4.31 Å². The standard InChI is InChI=1S/C15H21NO5S/c1-3-22(18,19)16-10-8-12(9-11-16)15(17)21-14-6-4-13(20-2)5-7-14/h4-7,12H,3,8-11H2,1-2H3. The van der Waals surface area contributed by atoms with E-state index in [0.717, 1.165) is 0 Å². The number of carbonyl (C=O) groups is 1. The number of hydrogen-bond acceptors (Lipinski definition) is 5. The highest BCUT2D eigenvalue weighted by Crippen LogP contribution is 2.23. The fourth-order valence-corrected chi connectivity index (χ4v) is 3.53. The summed E-state index contributed by atoms with van der Waals surface area (Å²) in [6.07, 6.45) is 0.989. The van der Waals surface area contributed by atoms with Crippen LogP contribution in [0.5, 0.6) is 11.5 Å². The lowest BCUT2D eigenvalue weighted by Crippen LogP contribution is -2.41. The quantitative estimate of drug-likeness (QED) is 0.607. The maximum absolute atomic E-state index is 12.1. The van der Waals surface area contributed by atoms with Gasteiger partial charge in [0.2, 0.25) is 10.0 Å². The second-order valence-corrected chi connectivity index (χ2v) is 7.43. The van der Waals surface area contributed by atoms with Gasteiger partial charge < -0.3 is 9.47 Å². The molecular weight excluding hydrogens is 306 g/mol. The zero-order chi connectivity index (χ0) is 16.2. The van der Waals surface area contributed by atoms with E-state index in [4.69, 9.17) is 9.47 Å². The van der Waals surface area contributed by atoms with Crippen LogP contribution in [0.4, 0.5) is 0 Å². The Kier molecular flexibility index (Phi) is 5.42. The third-order valence-corrected chi connectivity index (χ3v) is 5.70. The molecule has 7 heteroatoms. The number of carbonyl (C=O) groups excluding carboxylic acids is 1. The summed E-state index contributed by atoms with van der Waals surface area (Å²) < 4.78 is 35.4. The number of rotatable bonds is 5. The van der Waals surface area contributed by atoms with Crippen molar-refractivity contribution in [3.8, 4) is 11.5 Å². The average molecular weight is 327 g/mol. The second-order valence-electron chi connectivity index (χ2n) is 5.17. The SMILES string of the molecule is CCS(=O)(=O)N1CCC(C(=O)Oc2ccc(OC)cc2)CC1. The first kappa shape index (κ1) is 16.8. The summed E-state index contributed by atoms with van der Waals surface area (Å²) >= 11 is 0. The minimum absolute atomic E-state index is 0.0912. The van der Waals surface area contributed by atoms with Crippen molar-refractivity contribution in [3.05, 3.63) is 24.3 Å². The maximum atomic E-state index is 12.1. The first-order valence-electron chi connectivity index (χ1n) is 7.30. The summed E-state index contributed by atoms with van der Waals surface area (Å²) in [5, 5.41) is 0. The topological polar surface area (TPSA) is 72.9 Å². The van der Waals surface area contributed by atoms with Crippen molar-refractivity contribution < 1.29 is 22.7 Å². The van der Waals surface area contributed by atoms with Gasteiger partial charge in [-0.2, -0.15) is 0 Å². The largest absolute Gasteiger partial charge is 0.497 e. The number of esters is 1. The molecule has 122 valence electrons. The van der Waals surface area contributed by atoms with Crippen LogP contribution in [0.15, 0.2) is 24.3 Å². The monoisotopic (exact) mass is 327 g/mol. The van der Waals surface area contributed by atoms with Gasteiger partial charge in [-0.3, -0.25) is 4.79 Å². The third-order valence-electron chi connectivity index (χ3n) is 3.82. The van der Waals surface area contributed by atoms with E-state index in [2.05, 4.69) is 0 Å². The molecule has 1 aromatic carbocycles. The van der Waals surface area contributed by atoms with E-state index in [-0.39, 0.29) is 17.6 Å². The van der Waals surface area contributed by atoms with Gasteiger partial charge >= 0.3 is 5.97 Å². The minimum atomic E-state index is -3.17. The third kappa shape index (κ3) is 3.98. The molecule has 0 radical (unpaired) electrons. The van der Waals surface area contributed by atoms with Crippen molar-refractivity contribution in [1.29, 1.82) is 0 Å². The lowest BCUT2D eigenvalue weighted by atomic mass is 9.98. The summed E-state index contributed by atoms with van der Waals surface area (Å²) in [5.74, 6) is 0.685. The van der Waals surface area contributed by atoms with Crippen molar-refractivity contribution in [2.75, 3.05) is 26.0 Å². The molecule has 0 bridgehead atoms. The van der Waals surface area contributed by atoms with E-state index in [9.17, 15) is 13.2 Å². The molecule has 22 heavy (non-hydrogen) atoms. The van der Waals surface area contributed by atoms with Crippen molar-refractivity contribution >= 4 is 16.0 Å². The lowest BCUT2D eigenvalue weighted by molar-refractivity contribution is -0.140. The van der Waals surface area contributed by atoms with Crippen molar-refractivity contribution in [3.63, 3.8) is 0 Å². The highest BCUT2D eigenvalue weighted by molar-refractivity contribution is 7.89. The molecule has 0 aromatic heterocycles. The number of benzene rings is 1. The van der Waals surface area contributed by atoms with Gasteiger partial charge in [0.05, 0.1) is 18.8 Å². The first-order valence-corrected chi connectivity index (χ1v) is 8.90. The molecule has 6 nitrogen and oxygen atoms in total. The summed E-state index contributed by atoms with van der Waals surface area (Å²) in [5.41, 5.74) is 0. The number of nitrogens with zero attached hydrogens (tertiary/aromatic N) is 1. The van der Waals surface area contributed by atoms with E-state index >= 15 is 0 Å². The van der Waals surface area contributed by atoms with Crippen LogP contribution in [0.1, 0.15) is 19.8 Å². The predicted molar refractivity (Wildman–Crippen MR) is 82.4 cm³/mol. The normalized spacial score (nSPS) is 17.2. The molecule has 0 atom stereocenters. The van der Waals surface area contributed by atoms with Crippen LogP contribution in [0.3, 0.4) is 0 Å². The molecule has 2 rings (SSSR count). The van der Waals surface area contributed by atoms with Crippen LogP contribution < -0.4 is 9.47 Å². The van der Waals surface area contributed by atoms with Gasteiger partial charge in [0.1, 0.15) is 11.5 Å². The number of methoxy groups -OCH3 is 1. The highest BCUT2D eigenvalue weighted by Gasteiger charge is 2.31. The van der Waals surface area contributed by atoms with Crippen LogP contribution >= 0.6 is 0 Å². The minimum Gasteiger partial charge on any atom is -0.497 e. The molecule has 1 aliphatic rings. The fourth-order valence-electron chi connectivity index (χ4n) is 2.40. The molecule has 0 amide bonds. The lowest BCUT2D eigenvalue weighted by Gasteiger charge is -2.29. The van der Waals surface area contributed by atoms with Gasteiger partial charge in [-0.1, -0.05) is 0 Å². The van der Waals surface area contributed by atoms with Crippen LogP contribution in [0, 0.1) is 5.92 Å². The summed E-state index contributed by atoms with van der Waals surface area (Å²) in [6, 6.07) is 6.79. The van der Waals surface area contributed by atoms with Gasteiger partial charge in [-0.25, -0.2) is 12.7 Å². The van der Waals surface area contributed by atoms with Crippen molar-refractivity contribution in [2.24, 2.45) is 5.92 Å².